The average molecular weight is 413 g/mol. The van der Waals surface area contributed by atoms with Crippen molar-refractivity contribution in [2.75, 3.05) is 45.2 Å². The van der Waals surface area contributed by atoms with E-state index in [1.165, 1.54) is 11.3 Å². The molecule has 0 fully saturated rings. The van der Waals surface area contributed by atoms with E-state index >= 15 is 0 Å². The van der Waals surface area contributed by atoms with Gasteiger partial charge >= 0.3 is 0 Å². The lowest BCUT2D eigenvalue weighted by Crippen LogP contribution is -1.96. The minimum Gasteiger partial charge on any atom is -0.493 e. The van der Waals surface area contributed by atoms with E-state index in [2.05, 4.69) is 29.4 Å². The number of hydrogen-bond acceptors (Lipinski definition) is 7. The van der Waals surface area contributed by atoms with E-state index in [1.807, 2.05) is 38.2 Å². The molecule has 0 saturated heterocycles. The van der Waals surface area contributed by atoms with Crippen molar-refractivity contribution in [3.8, 4) is 17.2 Å². The van der Waals surface area contributed by atoms with Crippen molar-refractivity contribution in [3.05, 3.63) is 65.9 Å². The molecule has 0 atom stereocenters. The molecule has 0 radical (unpaired) electrons. The zero-order chi connectivity index (χ0) is 22.5. The third kappa shape index (κ3) is 7.43. The van der Waals surface area contributed by atoms with E-state index in [1.54, 1.807) is 39.7 Å². The van der Waals surface area contributed by atoms with Crippen molar-refractivity contribution in [3.63, 3.8) is 0 Å². The molecule has 0 amide bonds. The summed E-state index contributed by atoms with van der Waals surface area (Å²) in [7, 11) is 6.74. The number of aromatic nitrogens is 1. The van der Waals surface area contributed by atoms with E-state index < -0.39 is 0 Å². The fraction of sp³-hybridized carbons (Fsp3) is 0.261. The van der Waals surface area contributed by atoms with Gasteiger partial charge in [0, 0.05) is 18.9 Å². The van der Waals surface area contributed by atoms with E-state index in [4.69, 9.17) is 25.7 Å². The summed E-state index contributed by atoms with van der Waals surface area (Å²) in [5.74, 6) is 2.45. The smallest absolute Gasteiger partial charge is 0.203 e. The average Bonchev–Trinajstić information content (AvgIpc) is 2.76. The Morgan fingerprint density at radius 1 is 0.833 bits per heavy atom. The van der Waals surface area contributed by atoms with Crippen LogP contribution in [-0.2, 0) is 0 Å². The highest BCUT2D eigenvalue weighted by Gasteiger charge is 2.12. The first-order valence-electron chi connectivity index (χ1n) is 9.33. The molecule has 0 aliphatic carbocycles. The molecule has 3 aromatic rings. The van der Waals surface area contributed by atoms with Crippen LogP contribution in [0.1, 0.15) is 11.1 Å². The zero-order valence-electron chi connectivity index (χ0n) is 18.5. The van der Waals surface area contributed by atoms with Gasteiger partial charge in [-0.05, 0) is 55.3 Å². The molecule has 7 nitrogen and oxygen atoms in total. The Balaban J connectivity index is 0.000000234. The number of pyridine rings is 1. The normalized spacial score (nSPS) is 9.27. The van der Waals surface area contributed by atoms with Crippen LogP contribution in [0.4, 0.5) is 17.2 Å². The van der Waals surface area contributed by atoms with Gasteiger partial charge in [-0.2, -0.15) is 0 Å². The number of ether oxygens (including phenoxy) is 3. The van der Waals surface area contributed by atoms with Crippen LogP contribution in [0.5, 0.6) is 17.2 Å². The van der Waals surface area contributed by atoms with Gasteiger partial charge in [-0.3, -0.25) is 0 Å². The van der Waals surface area contributed by atoms with Crippen molar-refractivity contribution in [1.82, 2.24) is 4.98 Å². The highest BCUT2D eigenvalue weighted by molar-refractivity contribution is 5.56. The summed E-state index contributed by atoms with van der Waals surface area (Å²) in [6.07, 6.45) is 1.60. The SMILES string of the molecule is CNc1cccc(C)c1.COc1ccc(C)c(OC)c1OC.Nc1cccnc1N. The van der Waals surface area contributed by atoms with Gasteiger partial charge in [0.25, 0.3) is 0 Å². The molecule has 3 rings (SSSR count). The molecular weight excluding hydrogens is 380 g/mol. The van der Waals surface area contributed by atoms with Gasteiger partial charge in [0.15, 0.2) is 11.5 Å². The summed E-state index contributed by atoms with van der Waals surface area (Å²) in [6, 6.07) is 15.5. The Hall–Kier alpha value is -3.61. The summed E-state index contributed by atoms with van der Waals surface area (Å²) >= 11 is 0. The number of nitrogens with zero attached hydrogens (tertiary/aromatic N) is 1. The number of anilines is 3. The van der Waals surface area contributed by atoms with Gasteiger partial charge in [0.05, 0.1) is 27.0 Å². The second kappa shape index (κ2) is 12.8. The quantitative estimate of drug-likeness (QED) is 0.587. The maximum Gasteiger partial charge on any atom is 0.203 e. The first-order chi connectivity index (χ1) is 14.4. The van der Waals surface area contributed by atoms with E-state index in [0.29, 0.717) is 23.0 Å². The summed E-state index contributed by atoms with van der Waals surface area (Å²) < 4.78 is 15.5. The standard InChI is InChI=1S/C10H14O3.C8H11N.C5H7N3/c1-7-5-6-8(11-2)10(13-4)9(7)12-3;1-7-4-3-5-8(6-7)9-2;6-4-2-1-3-8-5(4)7/h5-6H,1-4H3;3-6,9H,1-2H3;1-3H,6H2,(H2,7,8). The summed E-state index contributed by atoms with van der Waals surface area (Å²) in [5.41, 5.74) is 14.6. The molecule has 7 heteroatoms. The fourth-order valence-corrected chi connectivity index (χ4v) is 2.48. The number of nitrogens with two attached hydrogens (primary N) is 2. The van der Waals surface area contributed by atoms with Gasteiger partial charge in [-0.25, -0.2) is 4.98 Å². The van der Waals surface area contributed by atoms with Gasteiger partial charge < -0.3 is 31.0 Å². The number of methoxy groups -OCH3 is 3. The van der Waals surface area contributed by atoms with Gasteiger partial charge in [0.1, 0.15) is 5.82 Å². The van der Waals surface area contributed by atoms with Crippen molar-refractivity contribution in [2.45, 2.75) is 13.8 Å². The Kier molecular flexibility index (Phi) is 10.4. The lowest BCUT2D eigenvalue weighted by molar-refractivity contribution is 0.323. The maximum atomic E-state index is 5.33. The lowest BCUT2D eigenvalue weighted by atomic mass is 10.2. The van der Waals surface area contributed by atoms with E-state index in [-0.39, 0.29) is 0 Å². The third-order valence-electron chi connectivity index (χ3n) is 4.08. The van der Waals surface area contributed by atoms with Crippen LogP contribution in [-0.4, -0.2) is 33.4 Å². The van der Waals surface area contributed by atoms with Gasteiger partial charge in [-0.15, -0.1) is 0 Å². The molecule has 0 aliphatic heterocycles. The van der Waals surface area contributed by atoms with Crippen molar-refractivity contribution in [2.24, 2.45) is 0 Å². The summed E-state index contributed by atoms with van der Waals surface area (Å²) in [5, 5.41) is 3.07. The second-order valence-corrected chi connectivity index (χ2v) is 6.25. The van der Waals surface area contributed by atoms with Crippen LogP contribution in [0.25, 0.3) is 0 Å². The van der Waals surface area contributed by atoms with Crippen LogP contribution in [0, 0.1) is 13.8 Å². The summed E-state index contributed by atoms with van der Waals surface area (Å²) in [6.45, 7) is 4.04. The lowest BCUT2D eigenvalue weighted by Gasteiger charge is -2.13. The zero-order valence-corrected chi connectivity index (χ0v) is 18.5. The molecule has 0 saturated carbocycles. The first-order valence-corrected chi connectivity index (χ1v) is 9.33. The number of rotatable bonds is 4. The molecule has 30 heavy (non-hydrogen) atoms. The first kappa shape index (κ1) is 24.4. The number of hydrogen-bond donors (Lipinski definition) is 3. The second-order valence-electron chi connectivity index (χ2n) is 6.25. The molecular formula is C23H32N4O3. The van der Waals surface area contributed by atoms with Crippen LogP contribution in [0.15, 0.2) is 54.7 Å². The van der Waals surface area contributed by atoms with E-state index in [9.17, 15) is 0 Å². The Labute approximate surface area is 179 Å². The molecule has 5 N–H and O–H groups in total. The molecule has 1 aromatic heterocycles. The Morgan fingerprint density at radius 3 is 1.97 bits per heavy atom. The minimum atomic E-state index is 0.396. The number of nitrogens with one attached hydrogen (secondary N) is 1. The van der Waals surface area contributed by atoms with Gasteiger partial charge in [-0.1, -0.05) is 18.2 Å². The fourth-order valence-electron chi connectivity index (χ4n) is 2.48. The topological polar surface area (TPSA) is 105 Å². The molecule has 0 bridgehead atoms. The highest BCUT2D eigenvalue weighted by atomic mass is 16.5. The third-order valence-corrected chi connectivity index (χ3v) is 4.08. The predicted molar refractivity (Wildman–Crippen MR) is 125 cm³/mol. The molecule has 1 heterocycles. The Bertz CT molecular complexity index is 896. The molecule has 0 aliphatic rings. The molecule has 162 valence electrons. The predicted octanol–water partition coefficient (Wildman–Crippen LogP) is 4.30. The number of aryl methyl sites for hydroxylation is 2. The molecule has 2 aromatic carbocycles. The monoisotopic (exact) mass is 412 g/mol. The Morgan fingerprint density at radius 2 is 1.53 bits per heavy atom. The molecule has 0 spiro atoms. The largest absolute Gasteiger partial charge is 0.493 e. The van der Waals surface area contributed by atoms with Crippen molar-refractivity contribution >= 4 is 17.2 Å². The van der Waals surface area contributed by atoms with Crippen molar-refractivity contribution in [1.29, 1.82) is 0 Å². The summed E-state index contributed by atoms with van der Waals surface area (Å²) in [4.78, 5) is 3.73. The number of nitrogen functional groups attached to an aromatic ring is 2. The van der Waals surface area contributed by atoms with Crippen molar-refractivity contribution < 1.29 is 14.2 Å². The van der Waals surface area contributed by atoms with Gasteiger partial charge in [0.2, 0.25) is 5.75 Å². The number of benzene rings is 2. The minimum absolute atomic E-state index is 0.396. The van der Waals surface area contributed by atoms with Crippen LogP contribution < -0.4 is 31.0 Å². The van der Waals surface area contributed by atoms with Crippen LogP contribution in [0.3, 0.4) is 0 Å². The highest BCUT2D eigenvalue weighted by Crippen LogP contribution is 2.39. The van der Waals surface area contributed by atoms with Crippen LogP contribution >= 0.6 is 0 Å². The van der Waals surface area contributed by atoms with E-state index in [0.717, 1.165) is 11.3 Å². The van der Waals surface area contributed by atoms with Crippen LogP contribution in [0.2, 0.25) is 0 Å². The maximum absolute atomic E-state index is 5.33. The molecule has 0 unspecified atom stereocenters.